The van der Waals surface area contributed by atoms with E-state index in [2.05, 4.69) is 52.6 Å². The van der Waals surface area contributed by atoms with Crippen molar-refractivity contribution in [2.75, 3.05) is 39.8 Å². The minimum atomic E-state index is 0.913. The number of hydrogen-bond acceptors (Lipinski definition) is 2. The monoisotopic (exact) mass is 330 g/mol. The van der Waals surface area contributed by atoms with Crippen LogP contribution in [0, 0.1) is 13.8 Å². The molecule has 1 aromatic rings. The number of aliphatic imine (C=N–C) groups is 1. The van der Waals surface area contributed by atoms with Crippen molar-refractivity contribution >= 4 is 5.96 Å². The maximum Gasteiger partial charge on any atom is 0.190 e. The molecule has 0 amide bonds. The van der Waals surface area contributed by atoms with Gasteiger partial charge in [-0.3, -0.25) is 4.99 Å². The van der Waals surface area contributed by atoms with Gasteiger partial charge in [-0.1, -0.05) is 29.3 Å². The summed E-state index contributed by atoms with van der Waals surface area (Å²) in [5, 5.41) is 6.84. The van der Waals surface area contributed by atoms with Gasteiger partial charge in [0.25, 0.3) is 0 Å². The van der Waals surface area contributed by atoms with Gasteiger partial charge in [0.2, 0.25) is 0 Å². The molecule has 1 heterocycles. The molecule has 0 atom stereocenters. The molecule has 0 saturated carbocycles. The predicted molar refractivity (Wildman–Crippen MR) is 104 cm³/mol. The van der Waals surface area contributed by atoms with Crippen LogP contribution in [0.5, 0.6) is 0 Å². The second-order valence-corrected chi connectivity index (χ2v) is 6.93. The molecular weight excluding hydrogens is 296 g/mol. The van der Waals surface area contributed by atoms with Crippen LogP contribution in [0.2, 0.25) is 0 Å². The van der Waals surface area contributed by atoms with Crippen LogP contribution in [0.15, 0.2) is 23.2 Å². The van der Waals surface area contributed by atoms with E-state index >= 15 is 0 Å². The quantitative estimate of drug-likeness (QED) is 0.437. The molecule has 134 valence electrons. The Balaban J connectivity index is 1.58. The summed E-state index contributed by atoms with van der Waals surface area (Å²) in [6.45, 7) is 10.1. The Kier molecular flexibility index (Phi) is 8.10. The van der Waals surface area contributed by atoms with Gasteiger partial charge in [-0.2, -0.15) is 0 Å². The summed E-state index contributed by atoms with van der Waals surface area (Å²) in [6.07, 6.45) is 6.27. The van der Waals surface area contributed by atoms with Crippen LogP contribution < -0.4 is 10.6 Å². The molecule has 1 aliphatic rings. The summed E-state index contributed by atoms with van der Waals surface area (Å²) in [7, 11) is 1.84. The number of aryl methyl sites for hydroxylation is 2. The van der Waals surface area contributed by atoms with E-state index in [9.17, 15) is 0 Å². The van der Waals surface area contributed by atoms with Crippen LogP contribution in [-0.4, -0.2) is 50.6 Å². The number of hydrogen-bond donors (Lipinski definition) is 2. The molecule has 0 unspecified atom stereocenters. The normalized spacial score (nSPS) is 15.7. The molecule has 4 nitrogen and oxygen atoms in total. The summed E-state index contributed by atoms with van der Waals surface area (Å²) in [5.74, 6) is 0.917. The number of unbranched alkanes of at least 4 members (excludes halogenated alkanes) is 1. The van der Waals surface area contributed by atoms with E-state index in [4.69, 9.17) is 0 Å². The highest BCUT2D eigenvalue weighted by Crippen LogP contribution is 2.09. The fourth-order valence-corrected chi connectivity index (χ4v) is 3.43. The zero-order valence-corrected chi connectivity index (χ0v) is 15.7. The van der Waals surface area contributed by atoms with Gasteiger partial charge in [-0.25, -0.2) is 0 Å². The zero-order chi connectivity index (χ0) is 17.2. The average molecular weight is 331 g/mol. The number of likely N-dealkylation sites (tertiary alicyclic amines) is 1. The minimum Gasteiger partial charge on any atom is -0.356 e. The number of nitrogens with zero attached hydrogens (tertiary/aromatic N) is 2. The molecule has 24 heavy (non-hydrogen) atoms. The van der Waals surface area contributed by atoms with Crippen LogP contribution in [0.1, 0.15) is 42.4 Å². The average Bonchev–Trinajstić information content (AvgIpc) is 3.05. The molecule has 1 fully saturated rings. The van der Waals surface area contributed by atoms with Crippen LogP contribution in [0.25, 0.3) is 0 Å². The van der Waals surface area contributed by atoms with Crippen molar-refractivity contribution in [3.05, 3.63) is 34.9 Å². The molecule has 0 spiro atoms. The van der Waals surface area contributed by atoms with E-state index in [0.29, 0.717) is 0 Å². The van der Waals surface area contributed by atoms with E-state index in [1.54, 1.807) is 0 Å². The highest BCUT2D eigenvalue weighted by Gasteiger charge is 2.10. The second-order valence-electron chi connectivity index (χ2n) is 6.93. The first-order valence-electron chi connectivity index (χ1n) is 9.41. The van der Waals surface area contributed by atoms with Crippen molar-refractivity contribution in [3.63, 3.8) is 0 Å². The van der Waals surface area contributed by atoms with E-state index in [0.717, 1.165) is 25.5 Å². The van der Waals surface area contributed by atoms with Crippen LogP contribution in [0.3, 0.4) is 0 Å². The lowest BCUT2D eigenvalue weighted by Gasteiger charge is -2.15. The summed E-state index contributed by atoms with van der Waals surface area (Å²) >= 11 is 0. The molecule has 1 aliphatic heterocycles. The Hall–Kier alpha value is -1.55. The highest BCUT2D eigenvalue weighted by atomic mass is 15.2. The van der Waals surface area contributed by atoms with E-state index < -0.39 is 0 Å². The smallest absolute Gasteiger partial charge is 0.190 e. The van der Waals surface area contributed by atoms with Crippen molar-refractivity contribution in [2.24, 2.45) is 4.99 Å². The van der Waals surface area contributed by atoms with Crippen molar-refractivity contribution in [1.82, 2.24) is 15.5 Å². The minimum absolute atomic E-state index is 0.913. The molecular formula is C20H34N4. The third kappa shape index (κ3) is 6.91. The van der Waals surface area contributed by atoms with Crippen molar-refractivity contribution < 1.29 is 0 Å². The highest BCUT2D eigenvalue weighted by molar-refractivity contribution is 5.79. The van der Waals surface area contributed by atoms with Crippen LogP contribution in [-0.2, 0) is 6.42 Å². The largest absolute Gasteiger partial charge is 0.356 e. The molecule has 0 aliphatic carbocycles. The number of benzene rings is 1. The van der Waals surface area contributed by atoms with E-state index in [1.807, 2.05) is 7.05 Å². The Morgan fingerprint density at radius 2 is 1.67 bits per heavy atom. The number of guanidine groups is 1. The Morgan fingerprint density at radius 3 is 2.33 bits per heavy atom. The van der Waals surface area contributed by atoms with Gasteiger partial charge in [0, 0.05) is 20.1 Å². The van der Waals surface area contributed by atoms with Crippen molar-refractivity contribution in [1.29, 1.82) is 0 Å². The zero-order valence-electron chi connectivity index (χ0n) is 15.7. The number of rotatable bonds is 8. The Bertz CT molecular complexity index is 498. The van der Waals surface area contributed by atoms with Crippen molar-refractivity contribution in [3.8, 4) is 0 Å². The lowest BCUT2D eigenvalue weighted by Crippen LogP contribution is -2.38. The van der Waals surface area contributed by atoms with Crippen LogP contribution >= 0.6 is 0 Å². The lowest BCUT2D eigenvalue weighted by atomic mass is 10.1. The standard InChI is InChI=1S/C20H34N4/c1-17-14-18(2)16-19(15-17)8-10-23-20(21-3)22-9-4-5-11-24-12-6-7-13-24/h14-16H,4-13H2,1-3H3,(H2,21,22,23). The Labute approximate surface area is 147 Å². The molecule has 2 N–H and O–H groups in total. The first kappa shape index (κ1) is 18.8. The van der Waals surface area contributed by atoms with Gasteiger partial charge in [0.15, 0.2) is 5.96 Å². The van der Waals surface area contributed by atoms with E-state index in [1.165, 1.54) is 62.0 Å². The lowest BCUT2D eigenvalue weighted by molar-refractivity contribution is 0.330. The first-order valence-corrected chi connectivity index (χ1v) is 9.41. The van der Waals surface area contributed by atoms with Gasteiger partial charge < -0.3 is 15.5 Å². The summed E-state index contributed by atoms with van der Waals surface area (Å²) in [6, 6.07) is 6.76. The summed E-state index contributed by atoms with van der Waals surface area (Å²) < 4.78 is 0. The fraction of sp³-hybridized carbons (Fsp3) is 0.650. The predicted octanol–water partition coefficient (Wildman–Crippen LogP) is 2.89. The third-order valence-corrected chi connectivity index (χ3v) is 4.60. The topological polar surface area (TPSA) is 39.7 Å². The van der Waals surface area contributed by atoms with Crippen LogP contribution in [0.4, 0.5) is 0 Å². The molecule has 0 aromatic heterocycles. The molecule has 1 aromatic carbocycles. The van der Waals surface area contributed by atoms with Gasteiger partial charge in [-0.15, -0.1) is 0 Å². The summed E-state index contributed by atoms with van der Waals surface area (Å²) in [5.41, 5.74) is 4.07. The van der Waals surface area contributed by atoms with Gasteiger partial charge in [-0.05, 0) is 71.1 Å². The summed E-state index contributed by atoms with van der Waals surface area (Å²) in [4.78, 5) is 6.89. The van der Waals surface area contributed by atoms with Gasteiger partial charge >= 0.3 is 0 Å². The van der Waals surface area contributed by atoms with E-state index in [-0.39, 0.29) is 0 Å². The first-order chi connectivity index (χ1) is 11.7. The third-order valence-electron chi connectivity index (χ3n) is 4.60. The molecule has 1 saturated heterocycles. The Morgan fingerprint density at radius 1 is 1.00 bits per heavy atom. The molecule has 0 radical (unpaired) electrons. The maximum absolute atomic E-state index is 4.31. The molecule has 4 heteroatoms. The molecule has 2 rings (SSSR count). The second kappa shape index (κ2) is 10.3. The van der Waals surface area contributed by atoms with Gasteiger partial charge in [0.05, 0.1) is 0 Å². The maximum atomic E-state index is 4.31. The fourth-order valence-electron chi connectivity index (χ4n) is 3.43. The SMILES string of the molecule is CN=C(NCCCCN1CCCC1)NCCc1cc(C)cc(C)c1. The van der Waals surface area contributed by atoms with Gasteiger partial charge in [0.1, 0.15) is 0 Å². The molecule has 0 bridgehead atoms. The number of nitrogens with one attached hydrogen (secondary N) is 2. The van der Waals surface area contributed by atoms with Crippen molar-refractivity contribution in [2.45, 2.75) is 46.0 Å².